The molecular weight excluding hydrogens is 432 g/mol. The molecule has 0 spiro atoms. The molecule has 5 rings (SSSR count). The number of ether oxygens (including phenoxy) is 1. The van der Waals surface area contributed by atoms with E-state index in [0.717, 1.165) is 17.5 Å². The van der Waals surface area contributed by atoms with Gasteiger partial charge in [-0.15, -0.1) is 0 Å². The standard InChI is InChI=1S/C27H30N2O5/c1-26(24(31)32)12-7-15-29(26)23(30)16-27(13-6-14-27)28-25(33)34-17-22-20-10-4-2-8-18(20)19-9-3-5-11-21(19)22/h2-5,8-11,22H,6-7,12-17H2,1H3,(H,28,33)(H,31,32)/t26-/m0/s1. The van der Waals surface area contributed by atoms with Crippen LogP contribution in [0.15, 0.2) is 48.5 Å². The van der Waals surface area contributed by atoms with E-state index in [1.165, 1.54) is 16.0 Å². The summed E-state index contributed by atoms with van der Waals surface area (Å²) in [5.74, 6) is -1.23. The van der Waals surface area contributed by atoms with Gasteiger partial charge >= 0.3 is 12.1 Å². The van der Waals surface area contributed by atoms with Crippen LogP contribution in [-0.2, 0) is 14.3 Å². The summed E-state index contributed by atoms with van der Waals surface area (Å²) in [5.41, 5.74) is 2.78. The van der Waals surface area contributed by atoms with Crippen molar-refractivity contribution >= 4 is 18.0 Å². The first kappa shape index (κ1) is 22.4. The number of benzene rings is 2. The van der Waals surface area contributed by atoms with Crippen LogP contribution >= 0.6 is 0 Å². The lowest BCUT2D eigenvalue weighted by Gasteiger charge is -2.43. The molecule has 1 aliphatic heterocycles. The average molecular weight is 463 g/mol. The van der Waals surface area contributed by atoms with Crippen molar-refractivity contribution in [2.75, 3.05) is 13.2 Å². The third-order valence-corrected chi connectivity index (χ3v) is 7.91. The summed E-state index contributed by atoms with van der Waals surface area (Å²) >= 11 is 0. The van der Waals surface area contributed by atoms with Gasteiger partial charge in [-0.25, -0.2) is 9.59 Å². The van der Waals surface area contributed by atoms with Crippen molar-refractivity contribution in [1.82, 2.24) is 10.2 Å². The van der Waals surface area contributed by atoms with Crippen LogP contribution in [0, 0.1) is 0 Å². The minimum Gasteiger partial charge on any atom is -0.480 e. The fraction of sp³-hybridized carbons (Fsp3) is 0.444. The second-order valence-electron chi connectivity index (χ2n) is 9.99. The van der Waals surface area contributed by atoms with Gasteiger partial charge < -0.3 is 20.1 Å². The summed E-state index contributed by atoms with van der Waals surface area (Å²) in [5, 5.41) is 12.6. The molecule has 34 heavy (non-hydrogen) atoms. The number of nitrogens with one attached hydrogen (secondary N) is 1. The highest BCUT2D eigenvalue weighted by molar-refractivity contribution is 5.88. The second kappa shape index (κ2) is 8.46. The number of fused-ring (bicyclic) bond motifs is 3. The summed E-state index contributed by atoms with van der Waals surface area (Å²) in [6, 6.07) is 16.3. The number of carbonyl (C=O) groups excluding carboxylic acids is 2. The number of hydrogen-bond donors (Lipinski definition) is 2. The van der Waals surface area contributed by atoms with Gasteiger partial charge in [-0.2, -0.15) is 0 Å². The Labute approximate surface area is 199 Å². The van der Waals surface area contributed by atoms with E-state index in [1.54, 1.807) is 6.92 Å². The van der Waals surface area contributed by atoms with Gasteiger partial charge in [0.05, 0.1) is 12.0 Å². The smallest absolute Gasteiger partial charge is 0.407 e. The van der Waals surface area contributed by atoms with Crippen molar-refractivity contribution in [2.45, 2.75) is 62.4 Å². The predicted octanol–water partition coefficient (Wildman–Crippen LogP) is 4.30. The van der Waals surface area contributed by atoms with E-state index < -0.39 is 23.1 Å². The van der Waals surface area contributed by atoms with Crippen LogP contribution in [0.5, 0.6) is 0 Å². The first-order valence-corrected chi connectivity index (χ1v) is 12.0. The molecule has 1 heterocycles. The zero-order valence-electron chi connectivity index (χ0n) is 19.4. The molecule has 178 valence electrons. The molecule has 1 saturated carbocycles. The van der Waals surface area contributed by atoms with Gasteiger partial charge in [0.1, 0.15) is 12.1 Å². The molecule has 2 N–H and O–H groups in total. The Bertz CT molecular complexity index is 1100. The van der Waals surface area contributed by atoms with E-state index in [9.17, 15) is 19.5 Å². The molecule has 0 aromatic heterocycles. The Morgan fingerprint density at radius 1 is 1.00 bits per heavy atom. The fourth-order valence-electron chi connectivity index (χ4n) is 5.77. The molecule has 3 aliphatic rings. The summed E-state index contributed by atoms with van der Waals surface area (Å²) < 4.78 is 5.69. The van der Waals surface area contributed by atoms with Crippen molar-refractivity contribution in [3.63, 3.8) is 0 Å². The Morgan fingerprint density at radius 3 is 2.18 bits per heavy atom. The maximum absolute atomic E-state index is 13.1. The van der Waals surface area contributed by atoms with E-state index in [2.05, 4.69) is 29.6 Å². The highest BCUT2D eigenvalue weighted by atomic mass is 16.5. The van der Waals surface area contributed by atoms with Gasteiger partial charge in [0.2, 0.25) is 5.91 Å². The minimum atomic E-state index is -1.17. The van der Waals surface area contributed by atoms with Crippen LogP contribution in [0.4, 0.5) is 4.79 Å². The third-order valence-electron chi connectivity index (χ3n) is 7.91. The van der Waals surface area contributed by atoms with Crippen LogP contribution in [-0.4, -0.2) is 52.2 Å². The number of carboxylic acid groups (broad SMARTS) is 1. The zero-order chi connectivity index (χ0) is 23.9. The molecule has 7 heteroatoms. The Morgan fingerprint density at radius 2 is 1.62 bits per heavy atom. The van der Waals surface area contributed by atoms with E-state index in [1.807, 2.05) is 24.3 Å². The minimum absolute atomic E-state index is 0.0296. The number of hydrogen-bond acceptors (Lipinski definition) is 4. The monoisotopic (exact) mass is 462 g/mol. The van der Waals surface area contributed by atoms with Crippen molar-refractivity contribution < 1.29 is 24.2 Å². The van der Waals surface area contributed by atoms with Gasteiger partial charge in [-0.1, -0.05) is 48.5 Å². The maximum atomic E-state index is 13.1. The third kappa shape index (κ3) is 3.73. The molecule has 2 amide bonds. The lowest BCUT2D eigenvalue weighted by molar-refractivity contribution is -0.156. The summed E-state index contributed by atoms with van der Waals surface area (Å²) in [4.78, 5) is 39.1. The highest BCUT2D eigenvalue weighted by Crippen LogP contribution is 2.44. The van der Waals surface area contributed by atoms with Gasteiger partial charge in [0.15, 0.2) is 0 Å². The molecular formula is C27H30N2O5. The van der Waals surface area contributed by atoms with Gasteiger partial charge in [0.25, 0.3) is 0 Å². The lowest BCUT2D eigenvalue weighted by atomic mass is 9.74. The molecule has 0 radical (unpaired) electrons. The normalized spacial score (nSPS) is 22.4. The molecule has 7 nitrogen and oxygen atoms in total. The molecule has 2 aromatic carbocycles. The average Bonchev–Trinajstić information content (AvgIpc) is 3.35. The molecule has 0 unspecified atom stereocenters. The second-order valence-corrected chi connectivity index (χ2v) is 9.99. The van der Waals surface area contributed by atoms with E-state index in [-0.39, 0.29) is 24.9 Å². The van der Waals surface area contributed by atoms with Crippen molar-refractivity contribution in [1.29, 1.82) is 0 Å². The SMILES string of the molecule is C[C@@]1(C(=O)O)CCCN1C(=O)CC1(NC(=O)OCC2c3ccccc3-c3ccccc32)CCC1. The highest BCUT2D eigenvalue weighted by Gasteiger charge is 2.49. The molecule has 1 saturated heterocycles. The first-order chi connectivity index (χ1) is 16.3. The van der Waals surface area contributed by atoms with E-state index in [0.29, 0.717) is 32.2 Å². The summed E-state index contributed by atoms with van der Waals surface area (Å²) in [7, 11) is 0. The molecule has 2 fully saturated rings. The fourth-order valence-corrected chi connectivity index (χ4v) is 5.77. The Hall–Kier alpha value is -3.35. The maximum Gasteiger partial charge on any atom is 0.407 e. The number of carboxylic acids is 1. The topological polar surface area (TPSA) is 95.9 Å². The van der Waals surface area contributed by atoms with Crippen molar-refractivity contribution in [3.8, 4) is 11.1 Å². The predicted molar refractivity (Wildman–Crippen MR) is 126 cm³/mol. The van der Waals surface area contributed by atoms with Gasteiger partial charge in [-0.3, -0.25) is 4.79 Å². The number of nitrogens with zero attached hydrogens (tertiary/aromatic N) is 1. The van der Waals surface area contributed by atoms with Crippen LogP contribution in [0.25, 0.3) is 11.1 Å². The summed E-state index contributed by atoms with van der Waals surface area (Å²) in [6.07, 6.45) is 2.95. The molecule has 0 bridgehead atoms. The number of likely N-dealkylation sites (tertiary alicyclic amines) is 1. The number of carbonyl (C=O) groups is 3. The van der Waals surface area contributed by atoms with Gasteiger partial charge in [-0.05, 0) is 61.3 Å². The zero-order valence-corrected chi connectivity index (χ0v) is 19.4. The number of rotatable bonds is 6. The van der Waals surface area contributed by atoms with Crippen LogP contribution in [0.1, 0.15) is 62.5 Å². The van der Waals surface area contributed by atoms with E-state index >= 15 is 0 Å². The van der Waals surface area contributed by atoms with Crippen LogP contribution in [0.3, 0.4) is 0 Å². The van der Waals surface area contributed by atoms with Crippen molar-refractivity contribution in [3.05, 3.63) is 59.7 Å². The van der Waals surface area contributed by atoms with Crippen LogP contribution in [0.2, 0.25) is 0 Å². The number of aliphatic carboxylic acids is 1. The number of alkyl carbamates (subject to hydrolysis) is 1. The summed E-state index contributed by atoms with van der Waals surface area (Å²) in [6.45, 7) is 2.25. The Balaban J connectivity index is 1.24. The largest absolute Gasteiger partial charge is 0.480 e. The van der Waals surface area contributed by atoms with E-state index in [4.69, 9.17) is 4.74 Å². The molecule has 2 aliphatic carbocycles. The molecule has 2 aromatic rings. The van der Waals surface area contributed by atoms with Gasteiger partial charge in [0, 0.05) is 12.5 Å². The number of amides is 2. The molecule has 1 atom stereocenters. The van der Waals surface area contributed by atoms with Crippen LogP contribution < -0.4 is 5.32 Å². The van der Waals surface area contributed by atoms with Crippen molar-refractivity contribution in [2.24, 2.45) is 0 Å². The lowest BCUT2D eigenvalue weighted by Crippen LogP contribution is -2.58. The Kier molecular flexibility index (Phi) is 5.58. The quantitative estimate of drug-likeness (QED) is 0.667. The first-order valence-electron chi connectivity index (χ1n) is 12.0.